The second-order valence-corrected chi connectivity index (χ2v) is 5.52. The van der Waals surface area contributed by atoms with Crippen LogP contribution in [0.4, 0.5) is 5.82 Å². The van der Waals surface area contributed by atoms with Crippen molar-refractivity contribution >= 4 is 11.7 Å². The van der Waals surface area contributed by atoms with Gasteiger partial charge in [-0.25, -0.2) is 4.63 Å². The molecule has 0 aliphatic heterocycles. The molecule has 1 amide bonds. The molecule has 0 radical (unpaired) electrons. The molecule has 0 spiro atoms. The van der Waals surface area contributed by atoms with E-state index in [1.807, 2.05) is 6.07 Å². The summed E-state index contributed by atoms with van der Waals surface area (Å²) < 4.78 is 26.0. The number of hydrogen-bond donors (Lipinski definition) is 1. The van der Waals surface area contributed by atoms with Gasteiger partial charge in [0, 0.05) is 5.56 Å². The fourth-order valence-corrected chi connectivity index (χ4v) is 2.49. The first-order valence-corrected chi connectivity index (χ1v) is 8.27. The van der Waals surface area contributed by atoms with E-state index in [0.29, 0.717) is 34.3 Å². The van der Waals surface area contributed by atoms with Crippen molar-refractivity contribution < 1.29 is 28.4 Å². The van der Waals surface area contributed by atoms with Crippen LogP contribution in [0.15, 0.2) is 47.1 Å². The molecule has 0 aliphatic carbocycles. The molecule has 0 atom stereocenters. The average Bonchev–Trinajstić information content (AvgIpc) is 3.19. The van der Waals surface area contributed by atoms with E-state index >= 15 is 0 Å². The van der Waals surface area contributed by atoms with E-state index in [0.717, 1.165) is 0 Å². The van der Waals surface area contributed by atoms with Crippen molar-refractivity contribution in [3.05, 3.63) is 42.5 Å². The average molecular weight is 385 g/mol. The lowest BCUT2D eigenvalue weighted by atomic mass is 10.1. The van der Waals surface area contributed by atoms with Gasteiger partial charge in [0.15, 0.2) is 35.3 Å². The number of nitrogens with one attached hydrogen (secondary N) is 1. The van der Waals surface area contributed by atoms with Crippen LogP contribution in [0.5, 0.6) is 23.0 Å². The van der Waals surface area contributed by atoms with E-state index in [9.17, 15) is 4.79 Å². The molecular weight excluding hydrogens is 366 g/mol. The zero-order chi connectivity index (χ0) is 19.9. The quantitative estimate of drug-likeness (QED) is 0.631. The van der Waals surface area contributed by atoms with Crippen LogP contribution in [-0.2, 0) is 4.79 Å². The molecule has 146 valence electrons. The standard InChI is InChI=1S/C19H19N3O6/c1-24-13-6-4-5-7-15(13)27-11-17(23)20-19-18(21-28-22-19)12-8-9-14(25-2)16(10-12)26-3/h4-10H,11H2,1-3H3,(H,20,22,23). The monoisotopic (exact) mass is 385 g/mol. The van der Waals surface area contributed by atoms with Crippen molar-refractivity contribution in [2.75, 3.05) is 33.3 Å². The maximum Gasteiger partial charge on any atom is 0.263 e. The minimum absolute atomic E-state index is 0.167. The normalized spacial score (nSPS) is 10.2. The van der Waals surface area contributed by atoms with Crippen LogP contribution in [0.25, 0.3) is 11.3 Å². The number of methoxy groups -OCH3 is 3. The fourth-order valence-electron chi connectivity index (χ4n) is 2.49. The van der Waals surface area contributed by atoms with Gasteiger partial charge in [-0.1, -0.05) is 12.1 Å². The van der Waals surface area contributed by atoms with Crippen molar-refractivity contribution in [1.29, 1.82) is 0 Å². The van der Waals surface area contributed by atoms with Crippen LogP contribution in [0, 0.1) is 0 Å². The van der Waals surface area contributed by atoms with Crippen molar-refractivity contribution in [2.45, 2.75) is 0 Å². The van der Waals surface area contributed by atoms with Crippen LogP contribution in [0.1, 0.15) is 0 Å². The van der Waals surface area contributed by atoms with E-state index in [2.05, 4.69) is 15.6 Å². The molecule has 1 N–H and O–H groups in total. The largest absolute Gasteiger partial charge is 0.493 e. The van der Waals surface area contributed by atoms with E-state index < -0.39 is 5.91 Å². The zero-order valence-corrected chi connectivity index (χ0v) is 15.6. The third kappa shape index (κ3) is 4.14. The summed E-state index contributed by atoms with van der Waals surface area (Å²) in [5, 5.41) is 10.2. The Balaban J connectivity index is 1.71. The molecule has 0 unspecified atom stereocenters. The van der Waals surface area contributed by atoms with Crippen molar-refractivity contribution in [3.63, 3.8) is 0 Å². The highest BCUT2D eigenvalue weighted by Crippen LogP contribution is 2.33. The Bertz CT molecular complexity index is 956. The third-order valence-corrected chi connectivity index (χ3v) is 3.83. The number of amides is 1. The lowest BCUT2D eigenvalue weighted by molar-refractivity contribution is -0.118. The first kappa shape index (κ1) is 19.0. The van der Waals surface area contributed by atoms with E-state index in [1.165, 1.54) is 14.2 Å². The minimum Gasteiger partial charge on any atom is -0.493 e. The molecule has 9 nitrogen and oxygen atoms in total. The molecule has 9 heteroatoms. The highest BCUT2D eigenvalue weighted by atomic mass is 16.6. The maximum absolute atomic E-state index is 12.3. The van der Waals surface area contributed by atoms with Crippen LogP contribution >= 0.6 is 0 Å². The number of anilines is 1. The topological polar surface area (TPSA) is 105 Å². The molecule has 2 aromatic carbocycles. The number of para-hydroxylation sites is 2. The summed E-state index contributed by atoms with van der Waals surface area (Å²) in [6.07, 6.45) is 0. The van der Waals surface area contributed by atoms with Crippen LogP contribution in [-0.4, -0.2) is 44.2 Å². The van der Waals surface area contributed by atoms with Crippen molar-refractivity contribution in [2.24, 2.45) is 0 Å². The Morgan fingerprint density at radius 1 is 0.929 bits per heavy atom. The highest BCUT2D eigenvalue weighted by molar-refractivity contribution is 5.94. The van der Waals surface area contributed by atoms with Gasteiger partial charge in [-0.05, 0) is 40.6 Å². The lowest BCUT2D eigenvalue weighted by Gasteiger charge is -2.10. The molecule has 3 aromatic rings. The molecule has 3 rings (SSSR count). The maximum atomic E-state index is 12.3. The summed E-state index contributed by atoms with van der Waals surface area (Å²) in [4.78, 5) is 12.3. The van der Waals surface area contributed by atoms with E-state index in [-0.39, 0.29) is 12.4 Å². The second kappa shape index (κ2) is 8.76. The molecule has 0 bridgehead atoms. The van der Waals surface area contributed by atoms with E-state index in [4.69, 9.17) is 23.6 Å². The first-order valence-electron chi connectivity index (χ1n) is 8.27. The molecular formula is C19H19N3O6. The molecule has 1 heterocycles. The number of hydrogen-bond acceptors (Lipinski definition) is 8. The number of carbonyl (C=O) groups excluding carboxylic acids is 1. The molecule has 0 saturated heterocycles. The Morgan fingerprint density at radius 2 is 1.61 bits per heavy atom. The molecule has 1 aromatic heterocycles. The molecule has 0 aliphatic rings. The van der Waals surface area contributed by atoms with Crippen molar-refractivity contribution in [1.82, 2.24) is 10.3 Å². The molecule has 0 fully saturated rings. The Morgan fingerprint density at radius 3 is 2.32 bits per heavy atom. The Labute approximate surface area is 161 Å². The smallest absolute Gasteiger partial charge is 0.263 e. The summed E-state index contributed by atoms with van der Waals surface area (Å²) in [5.41, 5.74) is 0.992. The number of rotatable bonds is 8. The van der Waals surface area contributed by atoms with Crippen LogP contribution < -0.4 is 24.3 Å². The predicted octanol–water partition coefficient (Wildman–Crippen LogP) is 2.78. The summed E-state index contributed by atoms with van der Waals surface area (Å²) in [5.74, 6) is 1.81. The SMILES string of the molecule is COc1ccc(-c2nonc2NC(=O)COc2ccccc2OC)cc1OC. The van der Waals surface area contributed by atoms with Gasteiger partial charge in [-0.3, -0.25) is 4.79 Å². The molecule has 28 heavy (non-hydrogen) atoms. The Kier molecular flexibility index (Phi) is 5.95. The van der Waals surface area contributed by atoms with Crippen LogP contribution in [0.2, 0.25) is 0 Å². The summed E-state index contributed by atoms with van der Waals surface area (Å²) in [7, 11) is 4.60. The van der Waals surface area contributed by atoms with Gasteiger partial charge in [-0.15, -0.1) is 0 Å². The van der Waals surface area contributed by atoms with E-state index in [1.54, 1.807) is 43.5 Å². The lowest BCUT2D eigenvalue weighted by Crippen LogP contribution is -2.20. The van der Waals surface area contributed by atoms with Crippen molar-refractivity contribution in [3.8, 4) is 34.3 Å². The number of benzene rings is 2. The van der Waals surface area contributed by atoms with Crippen LogP contribution in [0.3, 0.4) is 0 Å². The summed E-state index contributed by atoms with van der Waals surface area (Å²) in [6.45, 7) is -0.237. The zero-order valence-electron chi connectivity index (χ0n) is 15.6. The fraction of sp³-hybridized carbons (Fsp3) is 0.211. The first-order chi connectivity index (χ1) is 13.7. The van der Waals surface area contributed by atoms with Gasteiger partial charge >= 0.3 is 0 Å². The number of ether oxygens (including phenoxy) is 4. The second-order valence-electron chi connectivity index (χ2n) is 5.52. The highest BCUT2D eigenvalue weighted by Gasteiger charge is 2.17. The minimum atomic E-state index is -0.427. The molecule has 0 saturated carbocycles. The predicted molar refractivity (Wildman–Crippen MR) is 100.0 cm³/mol. The van der Waals surface area contributed by atoms with Gasteiger partial charge in [0.05, 0.1) is 21.3 Å². The Hall–Kier alpha value is -3.75. The summed E-state index contributed by atoms with van der Waals surface area (Å²) in [6, 6.07) is 12.2. The van der Waals surface area contributed by atoms with Gasteiger partial charge < -0.3 is 24.3 Å². The third-order valence-electron chi connectivity index (χ3n) is 3.83. The number of nitrogens with zero attached hydrogens (tertiary/aromatic N) is 2. The summed E-state index contributed by atoms with van der Waals surface area (Å²) >= 11 is 0. The van der Waals surface area contributed by atoms with Gasteiger partial charge in [-0.2, -0.15) is 0 Å². The number of aromatic nitrogens is 2. The number of carbonyl (C=O) groups is 1. The van der Waals surface area contributed by atoms with Gasteiger partial charge in [0.25, 0.3) is 5.91 Å². The van der Waals surface area contributed by atoms with Gasteiger partial charge in [0.2, 0.25) is 5.82 Å². The van der Waals surface area contributed by atoms with Gasteiger partial charge in [0.1, 0.15) is 0 Å².